The smallest absolute Gasteiger partial charge is 0.101 e. The first-order valence-corrected chi connectivity index (χ1v) is 8.55. The van der Waals surface area contributed by atoms with E-state index in [1.54, 1.807) is 12.1 Å². The number of halogens is 1. The fraction of sp³-hybridized carbons (Fsp3) is 0.611. The van der Waals surface area contributed by atoms with Crippen molar-refractivity contribution in [3.05, 3.63) is 28.8 Å². The molecule has 0 aliphatic heterocycles. The van der Waals surface area contributed by atoms with Crippen LogP contribution in [0.4, 0.5) is 5.69 Å². The summed E-state index contributed by atoms with van der Waals surface area (Å²) in [5, 5.41) is 13.4. The molecule has 1 rings (SSSR count). The Labute approximate surface area is 134 Å². The Morgan fingerprint density at radius 1 is 1.10 bits per heavy atom. The summed E-state index contributed by atoms with van der Waals surface area (Å²) in [5.74, 6) is 0. The van der Waals surface area contributed by atoms with E-state index in [-0.39, 0.29) is 0 Å². The highest BCUT2D eigenvalue weighted by Gasteiger charge is 2.11. The Hall–Kier alpha value is -1.20. The van der Waals surface area contributed by atoms with Crippen LogP contribution in [-0.2, 0) is 0 Å². The van der Waals surface area contributed by atoms with Gasteiger partial charge in [0, 0.05) is 11.1 Å². The van der Waals surface area contributed by atoms with Crippen LogP contribution in [0.5, 0.6) is 0 Å². The molecule has 0 aliphatic rings. The van der Waals surface area contributed by atoms with Crippen LogP contribution >= 0.6 is 11.6 Å². The zero-order chi connectivity index (χ0) is 15.5. The molecule has 0 spiro atoms. The Balaban J connectivity index is 2.69. The summed E-state index contributed by atoms with van der Waals surface area (Å²) in [6.07, 6.45) is 9.82. The van der Waals surface area contributed by atoms with Gasteiger partial charge >= 0.3 is 0 Å². The quantitative estimate of drug-likeness (QED) is 0.526. The van der Waals surface area contributed by atoms with E-state index in [0.29, 0.717) is 16.6 Å². The zero-order valence-electron chi connectivity index (χ0n) is 13.3. The number of nitriles is 1. The van der Waals surface area contributed by atoms with E-state index in [0.717, 1.165) is 18.5 Å². The molecular formula is C18H27ClN2. The van der Waals surface area contributed by atoms with Gasteiger partial charge in [0.2, 0.25) is 0 Å². The molecule has 1 aromatic rings. The molecule has 116 valence electrons. The van der Waals surface area contributed by atoms with Crippen molar-refractivity contribution >= 4 is 17.3 Å². The first kappa shape index (κ1) is 17.9. The highest BCUT2D eigenvalue weighted by molar-refractivity contribution is 6.30. The van der Waals surface area contributed by atoms with Gasteiger partial charge in [-0.25, -0.2) is 0 Å². The van der Waals surface area contributed by atoms with E-state index >= 15 is 0 Å². The number of anilines is 1. The summed E-state index contributed by atoms with van der Waals surface area (Å²) < 4.78 is 0. The summed E-state index contributed by atoms with van der Waals surface area (Å²) in [5.41, 5.74) is 1.55. The molecule has 0 radical (unpaired) electrons. The number of rotatable bonds is 10. The minimum Gasteiger partial charge on any atom is -0.381 e. The molecule has 0 aliphatic carbocycles. The lowest BCUT2D eigenvalue weighted by molar-refractivity contribution is 0.526. The second kappa shape index (κ2) is 10.5. The first-order chi connectivity index (χ1) is 10.2. The van der Waals surface area contributed by atoms with Crippen LogP contribution in [-0.4, -0.2) is 6.04 Å². The molecule has 0 unspecified atom stereocenters. The predicted octanol–water partition coefficient (Wildman–Crippen LogP) is 6.15. The second-order valence-electron chi connectivity index (χ2n) is 5.63. The van der Waals surface area contributed by atoms with E-state index in [2.05, 4.69) is 25.2 Å². The maximum absolute atomic E-state index is 9.22. The fourth-order valence-corrected chi connectivity index (χ4v) is 2.70. The van der Waals surface area contributed by atoms with Gasteiger partial charge < -0.3 is 5.32 Å². The SMILES string of the molecule is CCCCCC(CCCCC)Nc1cc(Cl)ccc1C#N. The summed E-state index contributed by atoms with van der Waals surface area (Å²) in [6.45, 7) is 4.45. The Morgan fingerprint density at radius 3 is 2.24 bits per heavy atom. The fourth-order valence-electron chi connectivity index (χ4n) is 2.52. The summed E-state index contributed by atoms with van der Waals surface area (Å²) in [6, 6.07) is 8.11. The Bertz CT molecular complexity index is 441. The highest BCUT2D eigenvalue weighted by Crippen LogP contribution is 2.23. The van der Waals surface area contributed by atoms with Crippen LogP contribution in [0, 0.1) is 11.3 Å². The van der Waals surface area contributed by atoms with Gasteiger partial charge in [0.25, 0.3) is 0 Å². The van der Waals surface area contributed by atoms with Crippen LogP contribution in [0.3, 0.4) is 0 Å². The van der Waals surface area contributed by atoms with Crippen molar-refractivity contribution in [2.45, 2.75) is 71.3 Å². The standard InChI is InChI=1S/C18H27ClN2/c1-3-5-7-9-17(10-8-6-4-2)21-18-13-16(19)12-11-15(18)14-20/h11-13,17,21H,3-10H2,1-2H3. The summed E-state index contributed by atoms with van der Waals surface area (Å²) >= 11 is 6.06. The minimum absolute atomic E-state index is 0.439. The zero-order valence-corrected chi connectivity index (χ0v) is 14.0. The number of hydrogen-bond acceptors (Lipinski definition) is 2. The van der Waals surface area contributed by atoms with Crippen molar-refractivity contribution in [2.75, 3.05) is 5.32 Å². The molecule has 1 aromatic carbocycles. The van der Waals surface area contributed by atoms with E-state index < -0.39 is 0 Å². The van der Waals surface area contributed by atoms with Crippen molar-refractivity contribution < 1.29 is 0 Å². The average Bonchev–Trinajstić information content (AvgIpc) is 2.48. The van der Waals surface area contributed by atoms with Crippen molar-refractivity contribution in [2.24, 2.45) is 0 Å². The molecule has 0 saturated carbocycles. The van der Waals surface area contributed by atoms with Crippen LogP contribution in [0.2, 0.25) is 5.02 Å². The lowest BCUT2D eigenvalue weighted by atomic mass is 10.0. The van der Waals surface area contributed by atoms with Gasteiger partial charge in [0.15, 0.2) is 0 Å². The van der Waals surface area contributed by atoms with Crippen LogP contribution in [0.25, 0.3) is 0 Å². The monoisotopic (exact) mass is 306 g/mol. The second-order valence-corrected chi connectivity index (χ2v) is 6.07. The number of unbranched alkanes of at least 4 members (excludes halogenated alkanes) is 4. The normalized spacial score (nSPS) is 10.6. The summed E-state index contributed by atoms with van der Waals surface area (Å²) in [7, 11) is 0. The number of benzene rings is 1. The molecule has 0 amide bonds. The molecule has 0 bridgehead atoms. The van der Waals surface area contributed by atoms with Gasteiger partial charge in [0.1, 0.15) is 6.07 Å². The lowest BCUT2D eigenvalue weighted by Gasteiger charge is -2.21. The van der Waals surface area contributed by atoms with E-state index in [1.807, 2.05) is 6.07 Å². The minimum atomic E-state index is 0.439. The van der Waals surface area contributed by atoms with Crippen molar-refractivity contribution in [1.82, 2.24) is 0 Å². The molecule has 0 aromatic heterocycles. The first-order valence-electron chi connectivity index (χ1n) is 8.17. The predicted molar refractivity (Wildman–Crippen MR) is 91.9 cm³/mol. The molecule has 21 heavy (non-hydrogen) atoms. The molecule has 2 nitrogen and oxygen atoms in total. The van der Waals surface area contributed by atoms with Crippen molar-refractivity contribution in [3.63, 3.8) is 0 Å². The van der Waals surface area contributed by atoms with E-state index in [9.17, 15) is 5.26 Å². The molecule has 0 atom stereocenters. The molecule has 1 N–H and O–H groups in total. The number of hydrogen-bond donors (Lipinski definition) is 1. The third-order valence-electron chi connectivity index (χ3n) is 3.77. The lowest BCUT2D eigenvalue weighted by Crippen LogP contribution is -2.20. The van der Waals surface area contributed by atoms with Crippen LogP contribution < -0.4 is 5.32 Å². The molecular weight excluding hydrogens is 280 g/mol. The molecule has 0 fully saturated rings. The molecule has 3 heteroatoms. The topological polar surface area (TPSA) is 35.8 Å². The van der Waals surface area contributed by atoms with E-state index in [1.165, 1.54) is 38.5 Å². The van der Waals surface area contributed by atoms with Gasteiger partial charge in [-0.2, -0.15) is 5.26 Å². The van der Waals surface area contributed by atoms with Gasteiger partial charge in [-0.1, -0.05) is 64.0 Å². The van der Waals surface area contributed by atoms with Gasteiger partial charge in [0.05, 0.1) is 11.3 Å². The van der Waals surface area contributed by atoms with Gasteiger partial charge in [-0.3, -0.25) is 0 Å². The largest absolute Gasteiger partial charge is 0.381 e. The van der Waals surface area contributed by atoms with E-state index in [4.69, 9.17) is 11.6 Å². The maximum Gasteiger partial charge on any atom is 0.101 e. The Morgan fingerprint density at radius 2 is 1.71 bits per heavy atom. The summed E-state index contributed by atoms with van der Waals surface area (Å²) in [4.78, 5) is 0. The number of nitrogens with zero attached hydrogens (tertiary/aromatic N) is 1. The van der Waals surface area contributed by atoms with Crippen LogP contribution in [0.15, 0.2) is 18.2 Å². The molecule has 0 saturated heterocycles. The Kier molecular flexibility index (Phi) is 8.94. The highest BCUT2D eigenvalue weighted by atomic mass is 35.5. The third-order valence-corrected chi connectivity index (χ3v) is 4.01. The van der Waals surface area contributed by atoms with Crippen LogP contribution in [0.1, 0.15) is 70.8 Å². The van der Waals surface area contributed by atoms with Gasteiger partial charge in [-0.15, -0.1) is 0 Å². The van der Waals surface area contributed by atoms with Crippen molar-refractivity contribution in [1.29, 1.82) is 5.26 Å². The number of nitrogens with one attached hydrogen (secondary N) is 1. The molecule has 0 heterocycles. The third kappa shape index (κ3) is 6.87. The maximum atomic E-state index is 9.22. The average molecular weight is 307 g/mol. The van der Waals surface area contributed by atoms with Gasteiger partial charge in [-0.05, 0) is 31.0 Å². The van der Waals surface area contributed by atoms with Crippen molar-refractivity contribution in [3.8, 4) is 6.07 Å².